The lowest BCUT2D eigenvalue weighted by atomic mass is 10.0. The molecule has 1 aliphatic heterocycles. The van der Waals surface area contributed by atoms with Crippen molar-refractivity contribution in [1.29, 1.82) is 0 Å². The summed E-state index contributed by atoms with van der Waals surface area (Å²) < 4.78 is 32.6. The molecule has 0 aliphatic carbocycles. The van der Waals surface area contributed by atoms with Crippen molar-refractivity contribution in [3.63, 3.8) is 0 Å². The normalized spacial score (nSPS) is 18.0. The van der Waals surface area contributed by atoms with Gasteiger partial charge >= 0.3 is 0 Å². The second kappa shape index (κ2) is 8.54. The number of nitrogens with one attached hydrogen (secondary N) is 1. The smallest absolute Gasteiger partial charge is 0.243 e. The molecule has 6 nitrogen and oxygen atoms in total. The Morgan fingerprint density at radius 3 is 2.67 bits per heavy atom. The third kappa shape index (κ3) is 4.67. The molecule has 0 bridgehead atoms. The largest absolute Gasteiger partial charge is 0.497 e. The van der Waals surface area contributed by atoms with Gasteiger partial charge in [0.1, 0.15) is 5.75 Å². The summed E-state index contributed by atoms with van der Waals surface area (Å²) in [5, 5.41) is 2.84. The summed E-state index contributed by atoms with van der Waals surface area (Å²) in [7, 11) is -2.04. The van der Waals surface area contributed by atoms with Crippen LogP contribution < -0.4 is 10.1 Å². The maximum atomic E-state index is 13.0. The van der Waals surface area contributed by atoms with E-state index in [1.807, 2.05) is 0 Å². The quantitative estimate of drug-likeness (QED) is 0.824. The maximum absolute atomic E-state index is 13.0. The number of benzene rings is 2. The Hall–Kier alpha value is -2.38. The molecule has 2 aromatic carbocycles. The van der Waals surface area contributed by atoms with E-state index in [0.29, 0.717) is 24.4 Å². The fraction of sp³-hybridized carbons (Fsp3) is 0.350. The fourth-order valence-corrected chi connectivity index (χ4v) is 5.06. The number of nitrogens with zero attached hydrogens (tertiary/aromatic N) is 1. The summed E-state index contributed by atoms with van der Waals surface area (Å²) in [5.41, 5.74) is 0.632. The van der Waals surface area contributed by atoms with E-state index in [0.717, 1.165) is 12.8 Å². The first-order valence-corrected chi connectivity index (χ1v) is 10.5. The molecule has 0 aromatic heterocycles. The van der Waals surface area contributed by atoms with E-state index in [1.54, 1.807) is 61.7 Å². The van der Waals surface area contributed by atoms with Gasteiger partial charge in [-0.2, -0.15) is 4.31 Å². The second-order valence-electron chi connectivity index (χ2n) is 6.56. The maximum Gasteiger partial charge on any atom is 0.243 e. The van der Waals surface area contributed by atoms with E-state index in [1.165, 1.54) is 4.31 Å². The predicted octanol–water partition coefficient (Wildman–Crippen LogP) is 3.27. The zero-order valence-electron chi connectivity index (χ0n) is 15.3. The zero-order valence-corrected chi connectivity index (χ0v) is 16.1. The van der Waals surface area contributed by atoms with Gasteiger partial charge in [0.2, 0.25) is 15.9 Å². The fourth-order valence-electron chi connectivity index (χ4n) is 3.35. The zero-order chi connectivity index (χ0) is 19.3. The number of anilines is 1. The van der Waals surface area contributed by atoms with Gasteiger partial charge in [0.05, 0.1) is 12.0 Å². The molecule has 0 spiro atoms. The Morgan fingerprint density at radius 1 is 1.15 bits per heavy atom. The Morgan fingerprint density at radius 2 is 1.93 bits per heavy atom. The molecule has 1 N–H and O–H groups in total. The van der Waals surface area contributed by atoms with Crippen LogP contribution in [0.2, 0.25) is 0 Å². The Labute approximate surface area is 160 Å². The van der Waals surface area contributed by atoms with Gasteiger partial charge in [-0.3, -0.25) is 4.79 Å². The number of carbonyl (C=O) groups excluding carboxylic acids is 1. The van der Waals surface area contributed by atoms with Gasteiger partial charge in [-0.1, -0.05) is 30.7 Å². The van der Waals surface area contributed by atoms with Gasteiger partial charge in [-0.05, 0) is 37.1 Å². The third-order valence-electron chi connectivity index (χ3n) is 4.70. The van der Waals surface area contributed by atoms with Gasteiger partial charge in [-0.15, -0.1) is 0 Å². The molecule has 7 heteroatoms. The molecule has 1 saturated heterocycles. The van der Waals surface area contributed by atoms with Crippen molar-refractivity contribution in [2.75, 3.05) is 19.0 Å². The first kappa shape index (κ1) is 19.4. The van der Waals surface area contributed by atoms with Crippen molar-refractivity contribution < 1.29 is 17.9 Å². The lowest BCUT2D eigenvalue weighted by molar-refractivity contribution is -0.117. The molecule has 1 heterocycles. The number of rotatable bonds is 6. The number of piperidine rings is 1. The van der Waals surface area contributed by atoms with Crippen LogP contribution in [-0.4, -0.2) is 38.3 Å². The van der Waals surface area contributed by atoms with Crippen LogP contribution >= 0.6 is 0 Å². The Bertz CT molecular complexity index is 884. The minimum absolute atomic E-state index is 0.128. The Balaban J connectivity index is 1.73. The van der Waals surface area contributed by atoms with Crippen LogP contribution in [-0.2, 0) is 14.8 Å². The van der Waals surface area contributed by atoms with Gasteiger partial charge < -0.3 is 10.1 Å². The molecule has 1 unspecified atom stereocenters. The Kier molecular flexibility index (Phi) is 6.13. The summed E-state index contributed by atoms with van der Waals surface area (Å²) in [4.78, 5) is 12.8. The summed E-state index contributed by atoms with van der Waals surface area (Å²) in [6, 6.07) is 15.2. The number of amides is 1. The van der Waals surface area contributed by atoms with Crippen molar-refractivity contribution in [2.45, 2.75) is 36.6 Å². The van der Waals surface area contributed by atoms with Gasteiger partial charge in [0.25, 0.3) is 0 Å². The van der Waals surface area contributed by atoms with Crippen molar-refractivity contribution in [3.8, 4) is 5.75 Å². The number of sulfonamides is 1. The SMILES string of the molecule is COc1cccc(NC(=O)CC2CCCCN2S(=O)(=O)c2ccccc2)c1. The van der Waals surface area contributed by atoms with E-state index in [9.17, 15) is 13.2 Å². The molecule has 1 atom stereocenters. The molecule has 2 aromatic rings. The van der Waals surface area contributed by atoms with Crippen LogP contribution in [0, 0.1) is 0 Å². The van der Waals surface area contributed by atoms with E-state index >= 15 is 0 Å². The average Bonchev–Trinajstić information content (AvgIpc) is 2.69. The number of methoxy groups -OCH3 is 1. The molecular weight excluding hydrogens is 364 g/mol. The second-order valence-corrected chi connectivity index (χ2v) is 8.45. The summed E-state index contributed by atoms with van der Waals surface area (Å²) in [6.07, 6.45) is 2.53. The third-order valence-corrected chi connectivity index (χ3v) is 6.66. The van der Waals surface area contributed by atoms with Crippen LogP contribution in [0.15, 0.2) is 59.5 Å². The highest BCUT2D eigenvalue weighted by Crippen LogP contribution is 2.27. The molecule has 27 heavy (non-hydrogen) atoms. The monoisotopic (exact) mass is 388 g/mol. The summed E-state index contributed by atoms with van der Waals surface area (Å²) >= 11 is 0. The van der Waals surface area contributed by atoms with Gasteiger partial charge in [0.15, 0.2) is 0 Å². The molecule has 1 amide bonds. The number of ether oxygens (including phenoxy) is 1. The molecule has 144 valence electrons. The van der Waals surface area contributed by atoms with Crippen LogP contribution in [0.25, 0.3) is 0 Å². The molecular formula is C20H24N2O4S. The van der Waals surface area contributed by atoms with Crippen molar-refractivity contribution in [3.05, 3.63) is 54.6 Å². The van der Waals surface area contributed by atoms with Gasteiger partial charge in [-0.25, -0.2) is 8.42 Å². The lowest BCUT2D eigenvalue weighted by Gasteiger charge is -2.34. The van der Waals surface area contributed by atoms with Gasteiger partial charge in [0, 0.05) is 30.8 Å². The number of hydrogen-bond acceptors (Lipinski definition) is 4. The molecule has 3 rings (SSSR count). The van der Waals surface area contributed by atoms with E-state index in [2.05, 4.69) is 5.32 Å². The highest BCUT2D eigenvalue weighted by Gasteiger charge is 2.34. The standard InChI is InChI=1S/C20H24N2O4S/c1-26-18-10-7-8-16(14-18)21-20(23)15-17-9-5-6-13-22(17)27(24,25)19-11-3-2-4-12-19/h2-4,7-8,10-12,14,17H,5-6,9,13,15H2,1H3,(H,21,23). The van der Waals surface area contributed by atoms with E-state index in [4.69, 9.17) is 4.74 Å². The van der Waals surface area contributed by atoms with Crippen LogP contribution in [0.4, 0.5) is 5.69 Å². The summed E-state index contributed by atoms with van der Waals surface area (Å²) in [5.74, 6) is 0.446. The van der Waals surface area contributed by atoms with Crippen LogP contribution in [0.1, 0.15) is 25.7 Å². The topological polar surface area (TPSA) is 75.7 Å². The number of hydrogen-bond donors (Lipinski definition) is 1. The first-order valence-electron chi connectivity index (χ1n) is 9.01. The highest BCUT2D eigenvalue weighted by atomic mass is 32.2. The highest BCUT2D eigenvalue weighted by molar-refractivity contribution is 7.89. The van der Waals surface area contributed by atoms with E-state index < -0.39 is 10.0 Å². The van der Waals surface area contributed by atoms with E-state index in [-0.39, 0.29) is 23.3 Å². The van der Waals surface area contributed by atoms with Crippen LogP contribution in [0.3, 0.4) is 0 Å². The van der Waals surface area contributed by atoms with Crippen molar-refractivity contribution in [1.82, 2.24) is 4.31 Å². The molecule has 0 saturated carbocycles. The lowest BCUT2D eigenvalue weighted by Crippen LogP contribution is -2.45. The first-order chi connectivity index (χ1) is 13.0. The molecule has 1 fully saturated rings. The number of carbonyl (C=O) groups is 1. The van der Waals surface area contributed by atoms with Crippen molar-refractivity contribution >= 4 is 21.6 Å². The van der Waals surface area contributed by atoms with Crippen LogP contribution in [0.5, 0.6) is 5.75 Å². The van der Waals surface area contributed by atoms with Crippen molar-refractivity contribution in [2.24, 2.45) is 0 Å². The summed E-state index contributed by atoms with van der Waals surface area (Å²) in [6.45, 7) is 0.439. The molecule has 0 radical (unpaired) electrons. The minimum Gasteiger partial charge on any atom is -0.497 e. The average molecular weight is 388 g/mol. The predicted molar refractivity (Wildman–Crippen MR) is 104 cm³/mol. The molecule has 1 aliphatic rings. The minimum atomic E-state index is -3.61.